The highest BCUT2D eigenvalue weighted by atomic mass is 32.2. The largest absolute Gasteiger partial charge is 0.416 e. The van der Waals surface area contributed by atoms with Crippen LogP contribution in [0.3, 0.4) is 0 Å². The highest BCUT2D eigenvalue weighted by Crippen LogP contribution is 2.36. The lowest BCUT2D eigenvalue weighted by atomic mass is 10.0. The van der Waals surface area contributed by atoms with Crippen molar-refractivity contribution in [3.05, 3.63) is 76.4 Å². The minimum absolute atomic E-state index is 0.0388. The van der Waals surface area contributed by atoms with Gasteiger partial charge in [-0.15, -0.1) is 0 Å². The highest BCUT2D eigenvalue weighted by Gasteiger charge is 2.41. The van der Waals surface area contributed by atoms with Crippen LogP contribution in [-0.4, -0.2) is 60.9 Å². The number of carbonyl (C=O) groups excluding carboxylic acids is 2. The molecule has 49 heavy (non-hydrogen) atoms. The van der Waals surface area contributed by atoms with Crippen LogP contribution in [0.2, 0.25) is 0 Å². The van der Waals surface area contributed by atoms with E-state index in [0.717, 1.165) is 65.2 Å². The first-order valence-corrected chi connectivity index (χ1v) is 17.0. The van der Waals surface area contributed by atoms with E-state index < -0.39 is 81.8 Å². The molecule has 1 aliphatic heterocycles. The quantitative estimate of drug-likeness (QED) is 0.134. The molecule has 7 nitrogen and oxygen atoms in total. The SMILES string of the molecule is CCCCCCCCS(=O)(=O)N1CCN(C(=O)/C=C/c2cccc(C(F)(F)F)c2)CC1C(=O)NCc1cc(C(F)(F)F)cc(C(F)(F)F)c1. The Morgan fingerprint density at radius 3 is 2.00 bits per heavy atom. The third-order valence-corrected chi connectivity index (χ3v) is 9.76. The lowest BCUT2D eigenvalue weighted by Gasteiger charge is -2.39. The predicted molar refractivity (Wildman–Crippen MR) is 163 cm³/mol. The third-order valence-electron chi connectivity index (χ3n) is 7.81. The van der Waals surface area contributed by atoms with Gasteiger partial charge in [-0.3, -0.25) is 9.59 Å². The molecule has 0 spiro atoms. The van der Waals surface area contributed by atoms with Crippen LogP contribution >= 0.6 is 0 Å². The Bertz CT molecular complexity index is 1560. The number of nitrogens with zero attached hydrogens (tertiary/aromatic N) is 2. The van der Waals surface area contributed by atoms with E-state index in [0.29, 0.717) is 18.6 Å². The number of hydrogen-bond acceptors (Lipinski definition) is 4. The molecule has 2 amide bonds. The molecule has 1 saturated heterocycles. The van der Waals surface area contributed by atoms with Crippen molar-refractivity contribution in [2.45, 2.75) is 76.6 Å². The van der Waals surface area contributed by atoms with Crippen molar-refractivity contribution in [3.8, 4) is 0 Å². The van der Waals surface area contributed by atoms with Gasteiger partial charge < -0.3 is 10.2 Å². The summed E-state index contributed by atoms with van der Waals surface area (Å²) < 4.78 is 147. The van der Waals surface area contributed by atoms with Gasteiger partial charge >= 0.3 is 18.5 Å². The number of nitrogens with one attached hydrogen (secondary N) is 1. The van der Waals surface area contributed by atoms with Gasteiger partial charge in [0.2, 0.25) is 21.8 Å². The van der Waals surface area contributed by atoms with Crippen molar-refractivity contribution in [1.82, 2.24) is 14.5 Å². The molecule has 1 atom stereocenters. The molecule has 0 bridgehead atoms. The zero-order chi connectivity index (χ0) is 36.6. The number of carbonyl (C=O) groups is 2. The van der Waals surface area contributed by atoms with Gasteiger partial charge in [0.1, 0.15) is 6.04 Å². The number of hydrogen-bond donors (Lipinski definition) is 1. The maximum Gasteiger partial charge on any atom is 0.416 e. The van der Waals surface area contributed by atoms with Crippen LogP contribution in [0.5, 0.6) is 0 Å². The smallest absolute Gasteiger partial charge is 0.351 e. The van der Waals surface area contributed by atoms with Crippen LogP contribution in [-0.2, 0) is 44.7 Å². The molecule has 0 saturated carbocycles. The van der Waals surface area contributed by atoms with Crippen molar-refractivity contribution < 1.29 is 57.5 Å². The summed E-state index contributed by atoms with van der Waals surface area (Å²) >= 11 is 0. The Morgan fingerprint density at radius 2 is 1.41 bits per heavy atom. The Kier molecular flexibility index (Phi) is 13.3. The van der Waals surface area contributed by atoms with Crippen molar-refractivity contribution in [3.63, 3.8) is 0 Å². The average Bonchev–Trinajstić information content (AvgIpc) is 3.02. The first-order chi connectivity index (χ1) is 22.7. The predicted octanol–water partition coefficient (Wildman–Crippen LogP) is 7.28. The lowest BCUT2D eigenvalue weighted by molar-refractivity contribution is -0.143. The van der Waals surface area contributed by atoms with Gasteiger partial charge in [0.25, 0.3) is 0 Å². The van der Waals surface area contributed by atoms with Crippen LogP contribution in [0.1, 0.15) is 73.3 Å². The summed E-state index contributed by atoms with van der Waals surface area (Å²) in [6, 6.07) is 3.30. The van der Waals surface area contributed by atoms with Crippen molar-refractivity contribution in [2.75, 3.05) is 25.4 Å². The molecule has 0 radical (unpaired) electrons. The number of amides is 2. The van der Waals surface area contributed by atoms with Gasteiger partial charge in [-0.1, -0.05) is 51.2 Å². The zero-order valence-electron chi connectivity index (χ0n) is 26.4. The van der Waals surface area contributed by atoms with Gasteiger partial charge in [0.15, 0.2) is 0 Å². The van der Waals surface area contributed by atoms with E-state index in [1.54, 1.807) is 0 Å². The molecule has 1 N–H and O–H groups in total. The number of benzene rings is 2. The summed E-state index contributed by atoms with van der Waals surface area (Å²) in [5.41, 5.74) is -4.67. The first kappa shape index (κ1) is 39.8. The Hall–Kier alpha value is -3.60. The van der Waals surface area contributed by atoms with Crippen molar-refractivity contribution in [2.24, 2.45) is 0 Å². The summed E-state index contributed by atoms with van der Waals surface area (Å²) in [4.78, 5) is 27.5. The fraction of sp³-hybridized carbons (Fsp3) is 0.500. The molecule has 0 aliphatic carbocycles. The second-order valence-corrected chi connectivity index (χ2v) is 13.6. The average molecular weight is 730 g/mol. The van der Waals surface area contributed by atoms with Crippen LogP contribution in [0.25, 0.3) is 6.08 Å². The summed E-state index contributed by atoms with van der Waals surface area (Å²) in [6.07, 6.45) is -8.34. The monoisotopic (exact) mass is 729 g/mol. The van der Waals surface area contributed by atoms with E-state index in [1.807, 2.05) is 6.92 Å². The third kappa shape index (κ3) is 11.8. The number of unbranched alkanes of at least 4 members (excludes halogenated alkanes) is 5. The second-order valence-electron chi connectivity index (χ2n) is 11.6. The lowest BCUT2D eigenvalue weighted by Crippen LogP contribution is -2.61. The molecule has 2 aromatic rings. The van der Waals surface area contributed by atoms with Gasteiger partial charge in [0, 0.05) is 32.3 Å². The number of sulfonamides is 1. The highest BCUT2D eigenvalue weighted by molar-refractivity contribution is 7.89. The Morgan fingerprint density at radius 1 is 0.816 bits per heavy atom. The maximum atomic E-state index is 13.4. The number of piperazine rings is 1. The van der Waals surface area contributed by atoms with Crippen LogP contribution < -0.4 is 5.32 Å². The van der Waals surface area contributed by atoms with Gasteiger partial charge in [0.05, 0.1) is 22.4 Å². The van der Waals surface area contributed by atoms with Crippen molar-refractivity contribution in [1.29, 1.82) is 0 Å². The van der Waals surface area contributed by atoms with Gasteiger partial charge in [-0.2, -0.15) is 43.8 Å². The van der Waals surface area contributed by atoms with E-state index in [4.69, 9.17) is 0 Å². The van der Waals surface area contributed by atoms with Gasteiger partial charge in [-0.25, -0.2) is 8.42 Å². The van der Waals surface area contributed by atoms with E-state index in [9.17, 15) is 57.5 Å². The van der Waals surface area contributed by atoms with E-state index >= 15 is 0 Å². The van der Waals surface area contributed by atoms with Crippen LogP contribution in [0, 0.1) is 0 Å². The Balaban J connectivity index is 1.83. The fourth-order valence-corrected chi connectivity index (χ4v) is 6.93. The number of halogens is 9. The summed E-state index contributed by atoms with van der Waals surface area (Å²) in [7, 11) is -4.12. The maximum absolute atomic E-state index is 13.4. The Labute approximate surface area is 278 Å². The molecule has 0 aromatic heterocycles. The van der Waals surface area contributed by atoms with Crippen molar-refractivity contribution >= 4 is 27.9 Å². The van der Waals surface area contributed by atoms with E-state index in [2.05, 4.69) is 5.32 Å². The molecule has 17 heteroatoms. The topological polar surface area (TPSA) is 86.8 Å². The minimum Gasteiger partial charge on any atom is -0.351 e. The molecule has 2 aromatic carbocycles. The van der Waals surface area contributed by atoms with Crippen LogP contribution in [0.4, 0.5) is 39.5 Å². The molecule has 1 heterocycles. The first-order valence-electron chi connectivity index (χ1n) is 15.4. The van der Waals surface area contributed by atoms with Gasteiger partial charge in [-0.05, 0) is 54.0 Å². The molecule has 1 aliphatic rings. The zero-order valence-corrected chi connectivity index (χ0v) is 27.2. The van der Waals surface area contributed by atoms with E-state index in [1.165, 1.54) is 6.07 Å². The molecule has 3 rings (SSSR count). The summed E-state index contributed by atoms with van der Waals surface area (Å²) in [5.74, 6) is -2.18. The normalized spacial score (nSPS) is 16.7. The fourth-order valence-electron chi connectivity index (χ4n) is 5.22. The summed E-state index contributed by atoms with van der Waals surface area (Å²) in [6.45, 7) is 0.0965. The van der Waals surface area contributed by atoms with Crippen LogP contribution in [0.15, 0.2) is 48.5 Å². The molecular formula is C32H36F9N3O4S. The molecular weight excluding hydrogens is 693 g/mol. The second kappa shape index (κ2) is 16.4. The number of rotatable bonds is 13. The standard InChI is InChI=1S/C32H36F9N3O4S/c1-2-3-4-5-6-7-15-49(47,48)44-14-13-43(28(45)12-11-22-9-8-10-24(16-22)30(33,34)35)21-27(44)29(46)42-20-23-17-25(31(36,37)38)19-26(18-23)32(39,40)41/h8-12,16-19,27H,2-7,13-15,20-21H2,1H3,(H,42,46)/b12-11+. The van der Waals surface area contributed by atoms with E-state index in [-0.39, 0.29) is 36.9 Å². The minimum atomic E-state index is -5.13. The summed E-state index contributed by atoms with van der Waals surface area (Å²) in [5, 5.41) is 2.21. The number of alkyl halides is 9. The molecule has 272 valence electrons. The molecule has 1 unspecified atom stereocenters. The molecule has 1 fully saturated rings.